The standard InChI is InChI=1S/C58H48/c1-55(2)43-24-16-15-22-39(43)41-31-46-42(32-45(41)55)49-40-23-17-25-44-50(40)52-51-47(56(44,3)4)29-38(30-48(51)58(7,8)54(52)53(49)57(46,5)6)37-27-35(33-18-11-9-12-19-33)26-36(28-37)34-20-13-10-14-21-34/h9-32H,1-8H3. The summed E-state index contributed by atoms with van der Waals surface area (Å²) in [4.78, 5) is 0. The lowest BCUT2D eigenvalue weighted by atomic mass is 9.66. The second kappa shape index (κ2) is 10.9. The van der Waals surface area contributed by atoms with Crippen molar-refractivity contribution in [3.63, 3.8) is 0 Å². The number of fused-ring (bicyclic) bond motifs is 8. The molecule has 0 fully saturated rings. The number of rotatable bonds is 3. The minimum atomic E-state index is -0.214. The van der Waals surface area contributed by atoms with Crippen LogP contribution >= 0.6 is 0 Å². The van der Waals surface area contributed by atoms with Crippen LogP contribution in [0, 0.1) is 0 Å². The summed E-state index contributed by atoms with van der Waals surface area (Å²) in [6, 6.07) is 55.6. The van der Waals surface area contributed by atoms with Crippen LogP contribution in [-0.4, -0.2) is 0 Å². The normalized spacial score (nSPS) is 17.2. The zero-order chi connectivity index (χ0) is 39.7. The molecule has 0 unspecified atom stereocenters. The first-order chi connectivity index (χ1) is 27.8. The predicted octanol–water partition coefficient (Wildman–Crippen LogP) is 15.4. The SMILES string of the molecule is CC1(C)c2ccccc2-c2cc3c(cc21)-c1c(c2c4c5c(cccc15)C(C)(C)c1cc(-c5cc(-c6ccccc6)cc(-c6ccccc6)c5)cc(c1-4)C2(C)C)C3(C)C. The summed E-state index contributed by atoms with van der Waals surface area (Å²) in [7, 11) is 0. The van der Waals surface area contributed by atoms with Gasteiger partial charge in [0, 0.05) is 21.7 Å². The Morgan fingerprint density at radius 2 is 0.741 bits per heavy atom. The van der Waals surface area contributed by atoms with Gasteiger partial charge in [-0.05, 0) is 165 Å². The fraction of sp³-hybridized carbons (Fsp3) is 0.207. The second-order valence-corrected chi connectivity index (χ2v) is 19.7. The van der Waals surface area contributed by atoms with E-state index in [4.69, 9.17) is 0 Å². The molecule has 0 radical (unpaired) electrons. The average molecular weight is 745 g/mol. The molecule has 0 aromatic heterocycles. The van der Waals surface area contributed by atoms with E-state index in [0.717, 1.165) is 0 Å². The maximum atomic E-state index is 2.61. The van der Waals surface area contributed by atoms with Crippen molar-refractivity contribution in [3.8, 4) is 66.8 Å². The van der Waals surface area contributed by atoms with Gasteiger partial charge in [0.25, 0.3) is 0 Å². The predicted molar refractivity (Wildman–Crippen MR) is 245 cm³/mol. The van der Waals surface area contributed by atoms with Crippen molar-refractivity contribution in [2.45, 2.75) is 77.0 Å². The molecule has 4 aliphatic carbocycles. The molecule has 0 heterocycles. The van der Waals surface area contributed by atoms with Crippen molar-refractivity contribution in [1.82, 2.24) is 0 Å². The van der Waals surface area contributed by atoms with Gasteiger partial charge in [-0.1, -0.05) is 159 Å². The Bertz CT molecular complexity index is 3070. The molecule has 0 aliphatic heterocycles. The van der Waals surface area contributed by atoms with E-state index in [1.807, 2.05) is 0 Å². The Hall–Kier alpha value is -5.98. The van der Waals surface area contributed by atoms with Crippen LogP contribution in [0.1, 0.15) is 99.9 Å². The molecule has 0 spiro atoms. The van der Waals surface area contributed by atoms with Crippen LogP contribution in [0.2, 0.25) is 0 Å². The summed E-state index contributed by atoms with van der Waals surface area (Å²) in [5, 5.41) is 2.89. The zero-order valence-electron chi connectivity index (χ0n) is 34.9. The highest BCUT2D eigenvalue weighted by molar-refractivity contribution is 6.17. The molecule has 12 rings (SSSR count). The Kier molecular flexibility index (Phi) is 6.43. The van der Waals surface area contributed by atoms with Gasteiger partial charge in [-0.3, -0.25) is 0 Å². The van der Waals surface area contributed by atoms with Crippen molar-refractivity contribution in [1.29, 1.82) is 0 Å². The highest BCUT2D eigenvalue weighted by Gasteiger charge is 2.52. The third-order valence-corrected chi connectivity index (χ3v) is 15.1. The summed E-state index contributed by atoms with van der Waals surface area (Å²) in [6.45, 7) is 19.8. The lowest BCUT2D eigenvalue weighted by Gasteiger charge is -2.36. The highest BCUT2D eigenvalue weighted by atomic mass is 14.5. The summed E-state index contributed by atoms with van der Waals surface area (Å²) < 4.78 is 0. The second-order valence-electron chi connectivity index (χ2n) is 19.7. The van der Waals surface area contributed by atoms with E-state index in [1.54, 1.807) is 0 Å². The molecule has 0 heteroatoms. The van der Waals surface area contributed by atoms with Crippen LogP contribution in [0.3, 0.4) is 0 Å². The van der Waals surface area contributed by atoms with E-state index in [9.17, 15) is 0 Å². The van der Waals surface area contributed by atoms with Gasteiger partial charge in [0.15, 0.2) is 0 Å². The van der Waals surface area contributed by atoms with E-state index >= 15 is 0 Å². The van der Waals surface area contributed by atoms with E-state index in [0.29, 0.717) is 0 Å². The van der Waals surface area contributed by atoms with E-state index in [2.05, 4.69) is 201 Å². The fourth-order valence-electron chi connectivity index (χ4n) is 12.2. The molecule has 0 saturated heterocycles. The summed E-state index contributed by atoms with van der Waals surface area (Å²) in [5.74, 6) is 0. The largest absolute Gasteiger partial charge is 0.0622 e. The molecule has 0 atom stereocenters. The lowest BCUT2D eigenvalue weighted by Crippen LogP contribution is -2.25. The number of hydrogen-bond donors (Lipinski definition) is 0. The smallest absolute Gasteiger partial charge is 0.0162 e. The maximum Gasteiger partial charge on any atom is 0.0162 e. The van der Waals surface area contributed by atoms with Crippen molar-refractivity contribution < 1.29 is 0 Å². The topological polar surface area (TPSA) is 0 Å². The van der Waals surface area contributed by atoms with Crippen LogP contribution in [-0.2, 0) is 21.7 Å². The third kappa shape index (κ3) is 4.11. The van der Waals surface area contributed by atoms with Crippen molar-refractivity contribution in [2.24, 2.45) is 0 Å². The van der Waals surface area contributed by atoms with Gasteiger partial charge in [-0.25, -0.2) is 0 Å². The van der Waals surface area contributed by atoms with Crippen LogP contribution < -0.4 is 0 Å². The van der Waals surface area contributed by atoms with E-state index < -0.39 is 0 Å². The van der Waals surface area contributed by atoms with Crippen molar-refractivity contribution >= 4 is 10.8 Å². The van der Waals surface area contributed by atoms with Crippen LogP contribution in [0.25, 0.3) is 77.5 Å². The van der Waals surface area contributed by atoms with Gasteiger partial charge in [0.05, 0.1) is 0 Å². The number of benzene rings is 8. The van der Waals surface area contributed by atoms with E-state index in [-0.39, 0.29) is 21.7 Å². The van der Waals surface area contributed by atoms with Gasteiger partial charge in [0.2, 0.25) is 0 Å². The first kappa shape index (κ1) is 34.1. The van der Waals surface area contributed by atoms with Gasteiger partial charge >= 0.3 is 0 Å². The molecule has 0 saturated carbocycles. The Balaban J connectivity index is 1.14. The quantitative estimate of drug-likeness (QED) is 0.169. The molecule has 4 aliphatic rings. The van der Waals surface area contributed by atoms with Crippen molar-refractivity contribution in [2.75, 3.05) is 0 Å². The monoisotopic (exact) mass is 744 g/mol. The number of hydrogen-bond acceptors (Lipinski definition) is 0. The Morgan fingerprint density at radius 1 is 0.276 bits per heavy atom. The summed E-state index contributed by atoms with van der Waals surface area (Å²) in [6.07, 6.45) is 0. The Labute approximate surface area is 343 Å². The Morgan fingerprint density at radius 3 is 1.40 bits per heavy atom. The van der Waals surface area contributed by atoms with E-state index in [1.165, 1.54) is 122 Å². The van der Waals surface area contributed by atoms with Crippen LogP contribution in [0.5, 0.6) is 0 Å². The average Bonchev–Trinajstić information content (AvgIpc) is 3.72. The first-order valence-electron chi connectivity index (χ1n) is 21.2. The summed E-state index contributed by atoms with van der Waals surface area (Å²) in [5.41, 5.74) is 27.3. The molecular weight excluding hydrogens is 697 g/mol. The molecule has 0 bridgehead atoms. The molecule has 8 aromatic rings. The van der Waals surface area contributed by atoms with Gasteiger partial charge in [-0.15, -0.1) is 0 Å². The van der Waals surface area contributed by atoms with Crippen molar-refractivity contribution in [3.05, 3.63) is 190 Å². The summed E-state index contributed by atoms with van der Waals surface area (Å²) >= 11 is 0. The minimum absolute atomic E-state index is 0.0576. The molecule has 58 heavy (non-hydrogen) atoms. The van der Waals surface area contributed by atoms with Gasteiger partial charge in [0.1, 0.15) is 0 Å². The minimum Gasteiger partial charge on any atom is -0.0622 e. The van der Waals surface area contributed by atoms with Gasteiger partial charge in [-0.2, -0.15) is 0 Å². The fourth-order valence-corrected chi connectivity index (χ4v) is 12.2. The van der Waals surface area contributed by atoms with Crippen LogP contribution in [0.15, 0.2) is 146 Å². The molecule has 0 nitrogen and oxygen atoms in total. The third-order valence-electron chi connectivity index (χ3n) is 15.1. The molecule has 280 valence electrons. The molecule has 0 amide bonds. The molecule has 8 aromatic carbocycles. The lowest BCUT2D eigenvalue weighted by molar-refractivity contribution is 0.601. The van der Waals surface area contributed by atoms with Gasteiger partial charge < -0.3 is 0 Å². The molecule has 0 N–H and O–H groups in total. The zero-order valence-corrected chi connectivity index (χ0v) is 34.9. The first-order valence-corrected chi connectivity index (χ1v) is 21.2. The maximum absolute atomic E-state index is 2.61. The van der Waals surface area contributed by atoms with Crippen LogP contribution in [0.4, 0.5) is 0 Å². The molecular formula is C58H48. The highest BCUT2D eigenvalue weighted by Crippen LogP contribution is 2.67.